The Kier molecular flexibility index (Phi) is 6.88. The Labute approximate surface area is 168 Å². The minimum atomic E-state index is -3.60. The summed E-state index contributed by atoms with van der Waals surface area (Å²) >= 11 is 0. The van der Waals surface area contributed by atoms with E-state index >= 15 is 0 Å². The SMILES string of the molecule is CC[C@H](NC(=O)CN(c1cc(C)ccc1C)S(C)(=O)=O)c1ccc(C)cc1C. The number of benzene rings is 2. The second kappa shape index (κ2) is 8.78. The van der Waals surface area contributed by atoms with Gasteiger partial charge in [0.15, 0.2) is 0 Å². The highest BCUT2D eigenvalue weighted by Crippen LogP contribution is 2.25. The zero-order valence-corrected chi connectivity index (χ0v) is 18.4. The largest absolute Gasteiger partial charge is 0.348 e. The fourth-order valence-electron chi connectivity index (χ4n) is 3.36. The minimum absolute atomic E-state index is 0.159. The van der Waals surface area contributed by atoms with Crippen molar-refractivity contribution in [2.75, 3.05) is 17.1 Å². The van der Waals surface area contributed by atoms with E-state index in [4.69, 9.17) is 0 Å². The summed E-state index contributed by atoms with van der Waals surface area (Å²) in [5.74, 6) is -0.321. The van der Waals surface area contributed by atoms with Gasteiger partial charge in [-0.3, -0.25) is 9.10 Å². The van der Waals surface area contributed by atoms with Crippen molar-refractivity contribution in [3.8, 4) is 0 Å². The van der Waals surface area contributed by atoms with Crippen LogP contribution in [0.5, 0.6) is 0 Å². The molecule has 0 spiro atoms. The van der Waals surface area contributed by atoms with Crippen LogP contribution in [0.15, 0.2) is 36.4 Å². The first-order valence-electron chi connectivity index (χ1n) is 9.44. The van der Waals surface area contributed by atoms with Crippen LogP contribution < -0.4 is 9.62 Å². The standard InChI is InChI=1S/C22H30N2O3S/c1-7-20(19-11-9-15(2)12-18(19)5)23-22(25)14-24(28(6,26)27)21-13-16(3)8-10-17(21)4/h8-13,20H,7,14H2,1-6H3,(H,23,25)/t20-/m0/s1. The predicted molar refractivity (Wildman–Crippen MR) is 115 cm³/mol. The number of aryl methyl sites for hydroxylation is 4. The molecule has 0 aromatic heterocycles. The number of sulfonamides is 1. The maximum atomic E-state index is 12.8. The molecule has 0 saturated carbocycles. The van der Waals surface area contributed by atoms with Crippen molar-refractivity contribution in [1.29, 1.82) is 0 Å². The molecule has 0 bridgehead atoms. The summed E-state index contributed by atoms with van der Waals surface area (Å²) in [6.07, 6.45) is 1.85. The van der Waals surface area contributed by atoms with Crippen molar-refractivity contribution < 1.29 is 13.2 Å². The van der Waals surface area contributed by atoms with Gasteiger partial charge in [0.2, 0.25) is 15.9 Å². The molecule has 2 rings (SSSR count). The third-order valence-electron chi connectivity index (χ3n) is 4.87. The quantitative estimate of drug-likeness (QED) is 0.762. The second-order valence-electron chi connectivity index (χ2n) is 7.45. The van der Waals surface area contributed by atoms with Gasteiger partial charge in [0.05, 0.1) is 18.0 Å². The highest BCUT2D eigenvalue weighted by Gasteiger charge is 2.24. The van der Waals surface area contributed by atoms with Gasteiger partial charge >= 0.3 is 0 Å². The van der Waals surface area contributed by atoms with Crippen LogP contribution in [0.3, 0.4) is 0 Å². The molecule has 2 aromatic carbocycles. The van der Waals surface area contributed by atoms with E-state index in [1.807, 2.05) is 58.9 Å². The van der Waals surface area contributed by atoms with Crippen LogP contribution in [0.2, 0.25) is 0 Å². The third-order valence-corrected chi connectivity index (χ3v) is 5.99. The number of amides is 1. The number of rotatable bonds is 7. The van der Waals surface area contributed by atoms with Gasteiger partial charge in [0.25, 0.3) is 0 Å². The van der Waals surface area contributed by atoms with Crippen LogP contribution in [0, 0.1) is 27.7 Å². The van der Waals surface area contributed by atoms with Gasteiger partial charge in [-0.05, 0) is 62.4 Å². The molecule has 1 atom stereocenters. The number of hydrogen-bond acceptors (Lipinski definition) is 3. The molecular weight excluding hydrogens is 372 g/mol. The van der Waals surface area contributed by atoms with Gasteiger partial charge in [-0.25, -0.2) is 8.42 Å². The van der Waals surface area contributed by atoms with Crippen LogP contribution in [-0.2, 0) is 14.8 Å². The van der Waals surface area contributed by atoms with Crippen LogP contribution in [0.1, 0.15) is 47.2 Å². The van der Waals surface area contributed by atoms with E-state index in [0.717, 1.165) is 34.9 Å². The predicted octanol–water partition coefficient (Wildman–Crippen LogP) is 3.95. The van der Waals surface area contributed by atoms with E-state index in [9.17, 15) is 13.2 Å². The zero-order chi connectivity index (χ0) is 21.1. The van der Waals surface area contributed by atoms with E-state index < -0.39 is 10.0 Å². The fraction of sp³-hybridized carbons (Fsp3) is 0.409. The Bertz CT molecular complexity index is 968. The Morgan fingerprint density at radius 3 is 2.18 bits per heavy atom. The van der Waals surface area contributed by atoms with E-state index in [0.29, 0.717) is 5.69 Å². The first-order chi connectivity index (χ1) is 13.0. The van der Waals surface area contributed by atoms with Crippen molar-refractivity contribution >= 4 is 21.6 Å². The summed E-state index contributed by atoms with van der Waals surface area (Å²) in [4.78, 5) is 12.8. The highest BCUT2D eigenvalue weighted by atomic mass is 32.2. The normalized spacial score (nSPS) is 12.5. The first kappa shape index (κ1) is 22.0. The lowest BCUT2D eigenvalue weighted by Gasteiger charge is -2.26. The number of nitrogens with one attached hydrogen (secondary N) is 1. The highest BCUT2D eigenvalue weighted by molar-refractivity contribution is 7.92. The lowest BCUT2D eigenvalue weighted by Crippen LogP contribution is -2.42. The van der Waals surface area contributed by atoms with Crippen molar-refractivity contribution in [2.45, 2.75) is 47.1 Å². The average Bonchev–Trinajstić information content (AvgIpc) is 2.59. The van der Waals surface area contributed by atoms with Gasteiger partial charge in [0, 0.05) is 0 Å². The molecule has 0 aliphatic carbocycles. The smallest absolute Gasteiger partial charge is 0.241 e. The lowest BCUT2D eigenvalue weighted by molar-refractivity contribution is -0.120. The van der Waals surface area contributed by atoms with E-state index in [2.05, 4.69) is 11.4 Å². The lowest BCUT2D eigenvalue weighted by atomic mass is 9.97. The summed E-state index contributed by atoms with van der Waals surface area (Å²) in [6, 6.07) is 11.6. The van der Waals surface area contributed by atoms with Gasteiger partial charge in [-0.15, -0.1) is 0 Å². The minimum Gasteiger partial charge on any atom is -0.348 e. The summed E-state index contributed by atoms with van der Waals surface area (Å²) in [5.41, 5.74) is 5.63. The molecule has 0 heterocycles. The molecule has 152 valence electrons. The number of hydrogen-bond donors (Lipinski definition) is 1. The fourth-order valence-corrected chi connectivity index (χ4v) is 4.26. The maximum Gasteiger partial charge on any atom is 0.241 e. The van der Waals surface area contributed by atoms with E-state index in [1.165, 1.54) is 9.87 Å². The number of anilines is 1. The first-order valence-corrected chi connectivity index (χ1v) is 11.3. The average molecular weight is 403 g/mol. The molecule has 2 aromatic rings. The van der Waals surface area contributed by atoms with Crippen LogP contribution in [0.4, 0.5) is 5.69 Å². The number of nitrogens with zero attached hydrogens (tertiary/aromatic N) is 1. The molecule has 0 radical (unpaired) electrons. The van der Waals surface area contributed by atoms with Crippen LogP contribution >= 0.6 is 0 Å². The van der Waals surface area contributed by atoms with Gasteiger partial charge in [-0.2, -0.15) is 0 Å². The summed E-state index contributed by atoms with van der Waals surface area (Å²) < 4.78 is 26.0. The van der Waals surface area contributed by atoms with Gasteiger partial charge in [-0.1, -0.05) is 42.8 Å². The summed E-state index contributed by atoms with van der Waals surface area (Å²) in [5, 5.41) is 3.00. The molecule has 28 heavy (non-hydrogen) atoms. The van der Waals surface area contributed by atoms with Crippen LogP contribution in [0.25, 0.3) is 0 Å². The zero-order valence-electron chi connectivity index (χ0n) is 17.5. The molecule has 6 heteroatoms. The molecule has 0 aliphatic heterocycles. The Morgan fingerprint density at radius 1 is 1.00 bits per heavy atom. The van der Waals surface area contributed by atoms with E-state index in [1.54, 1.807) is 6.07 Å². The molecule has 1 N–H and O–H groups in total. The third kappa shape index (κ3) is 5.35. The number of carbonyl (C=O) groups excluding carboxylic acids is 1. The van der Waals surface area contributed by atoms with Crippen molar-refractivity contribution in [2.24, 2.45) is 0 Å². The molecule has 0 unspecified atom stereocenters. The summed E-state index contributed by atoms with van der Waals surface area (Å²) in [7, 11) is -3.60. The molecular formula is C22H30N2O3S. The van der Waals surface area contributed by atoms with E-state index in [-0.39, 0.29) is 18.5 Å². The maximum absolute atomic E-state index is 12.8. The topological polar surface area (TPSA) is 66.5 Å². The Balaban J connectivity index is 2.27. The molecule has 0 aliphatic rings. The van der Waals surface area contributed by atoms with Crippen molar-refractivity contribution in [1.82, 2.24) is 5.32 Å². The van der Waals surface area contributed by atoms with Crippen molar-refractivity contribution in [3.05, 3.63) is 64.2 Å². The van der Waals surface area contributed by atoms with Gasteiger partial charge < -0.3 is 5.32 Å². The Hall–Kier alpha value is -2.34. The monoisotopic (exact) mass is 402 g/mol. The number of carbonyl (C=O) groups is 1. The van der Waals surface area contributed by atoms with Gasteiger partial charge in [0.1, 0.15) is 6.54 Å². The molecule has 0 saturated heterocycles. The van der Waals surface area contributed by atoms with Crippen LogP contribution in [-0.4, -0.2) is 27.1 Å². The molecule has 1 amide bonds. The summed E-state index contributed by atoms with van der Waals surface area (Å²) in [6.45, 7) is 9.56. The Morgan fingerprint density at radius 2 is 1.61 bits per heavy atom. The second-order valence-corrected chi connectivity index (χ2v) is 9.35. The molecule has 0 fully saturated rings. The molecule has 5 nitrogen and oxygen atoms in total. The van der Waals surface area contributed by atoms with Crippen molar-refractivity contribution in [3.63, 3.8) is 0 Å².